The molecule has 5 nitrogen and oxygen atoms in total. The topological polar surface area (TPSA) is 72.0 Å². The molecule has 0 fully saturated rings. The van der Waals surface area contributed by atoms with Gasteiger partial charge in [-0.2, -0.15) is 0 Å². The molecule has 0 saturated carbocycles. The molecule has 0 spiro atoms. The van der Waals surface area contributed by atoms with Gasteiger partial charge in [-0.15, -0.1) is 11.3 Å². The summed E-state index contributed by atoms with van der Waals surface area (Å²) < 4.78 is 23.1. The van der Waals surface area contributed by atoms with Crippen LogP contribution in [-0.4, -0.2) is 24.6 Å². The van der Waals surface area contributed by atoms with Gasteiger partial charge in [-0.1, -0.05) is 18.2 Å². The third kappa shape index (κ3) is 3.80. The van der Waals surface area contributed by atoms with Crippen molar-refractivity contribution in [2.45, 2.75) is 18.4 Å². The lowest BCUT2D eigenvalue weighted by molar-refractivity contribution is 0.602. The number of nitrogens with one attached hydrogen (secondary N) is 1. The molecule has 0 aliphatic rings. The van der Waals surface area contributed by atoms with Gasteiger partial charge < -0.3 is 5.32 Å². The predicted octanol–water partition coefficient (Wildman–Crippen LogP) is 3.53. The summed E-state index contributed by atoms with van der Waals surface area (Å²) in [5.74, 6) is 0.730. The Kier molecular flexibility index (Phi) is 4.64. The summed E-state index contributed by atoms with van der Waals surface area (Å²) in [7, 11) is -3.20. The highest BCUT2D eigenvalue weighted by molar-refractivity contribution is 7.90. The van der Waals surface area contributed by atoms with Crippen LogP contribution in [-0.2, 0) is 16.4 Å². The molecule has 3 rings (SSSR count). The minimum Gasteiger partial charge on any atom is -0.364 e. The summed E-state index contributed by atoms with van der Waals surface area (Å²) in [6.45, 7) is 2.60. The largest absolute Gasteiger partial charge is 0.364 e. The second kappa shape index (κ2) is 6.70. The van der Waals surface area contributed by atoms with Crippen molar-refractivity contribution in [2.75, 3.05) is 11.6 Å². The quantitative estimate of drug-likeness (QED) is 0.754. The summed E-state index contributed by atoms with van der Waals surface area (Å²) in [6.07, 6.45) is 2.89. The van der Waals surface area contributed by atoms with Crippen molar-refractivity contribution in [2.24, 2.45) is 0 Å². The lowest BCUT2D eigenvalue weighted by Crippen LogP contribution is -2.04. The molecule has 0 saturated heterocycles. The van der Waals surface area contributed by atoms with Crippen LogP contribution in [0.4, 0.5) is 5.82 Å². The molecule has 24 heavy (non-hydrogen) atoms. The van der Waals surface area contributed by atoms with Crippen molar-refractivity contribution < 1.29 is 8.42 Å². The monoisotopic (exact) mass is 359 g/mol. The zero-order valence-electron chi connectivity index (χ0n) is 13.4. The van der Waals surface area contributed by atoms with Gasteiger partial charge in [0, 0.05) is 16.7 Å². The molecule has 2 heterocycles. The molecule has 2 aromatic heterocycles. The first-order chi connectivity index (χ1) is 11.4. The van der Waals surface area contributed by atoms with Crippen molar-refractivity contribution >= 4 is 27.0 Å². The molecule has 1 aromatic carbocycles. The predicted molar refractivity (Wildman–Crippen MR) is 97.0 cm³/mol. The summed E-state index contributed by atoms with van der Waals surface area (Å²) in [6, 6.07) is 10.8. The van der Waals surface area contributed by atoms with Gasteiger partial charge in [0.15, 0.2) is 9.84 Å². The molecule has 0 atom stereocenters. The molecule has 3 aromatic rings. The maximum absolute atomic E-state index is 11.5. The number of hydrogen-bond acceptors (Lipinski definition) is 6. The number of benzene rings is 1. The van der Waals surface area contributed by atoms with E-state index in [-0.39, 0.29) is 0 Å². The second-order valence-corrected chi connectivity index (χ2v) is 8.47. The highest BCUT2D eigenvalue weighted by Gasteiger charge is 2.09. The van der Waals surface area contributed by atoms with Crippen molar-refractivity contribution in [3.8, 4) is 11.3 Å². The lowest BCUT2D eigenvalue weighted by Gasteiger charge is -2.09. The highest BCUT2D eigenvalue weighted by Crippen LogP contribution is 2.22. The van der Waals surface area contributed by atoms with E-state index in [0.29, 0.717) is 17.1 Å². The Bertz CT molecular complexity index is 934. The van der Waals surface area contributed by atoms with Crippen molar-refractivity contribution in [1.82, 2.24) is 9.97 Å². The van der Waals surface area contributed by atoms with Crippen molar-refractivity contribution in [3.63, 3.8) is 0 Å². The van der Waals surface area contributed by atoms with E-state index in [1.807, 2.05) is 18.4 Å². The molecule has 0 amide bonds. The number of rotatable bonds is 5. The summed E-state index contributed by atoms with van der Waals surface area (Å²) in [5, 5.41) is 5.34. The summed E-state index contributed by atoms with van der Waals surface area (Å²) >= 11 is 1.68. The molecule has 7 heteroatoms. The molecule has 0 unspecified atom stereocenters. The Morgan fingerprint density at radius 3 is 2.54 bits per heavy atom. The summed E-state index contributed by atoms with van der Waals surface area (Å²) in [5.41, 5.74) is 2.35. The van der Waals surface area contributed by atoms with E-state index < -0.39 is 9.84 Å². The van der Waals surface area contributed by atoms with Crippen LogP contribution < -0.4 is 5.32 Å². The molecule has 0 radical (unpaired) electrons. The average Bonchev–Trinajstić information content (AvgIpc) is 3.07. The van der Waals surface area contributed by atoms with Gasteiger partial charge in [0.1, 0.15) is 5.82 Å². The fraction of sp³-hybridized carbons (Fsp3) is 0.176. The SMILES string of the molecule is Cc1ncc(-c2ccc(S(C)(=O)=O)cc2)nc1NCc1cccs1. The summed E-state index contributed by atoms with van der Waals surface area (Å²) in [4.78, 5) is 10.5. The third-order valence-electron chi connectivity index (χ3n) is 3.54. The number of nitrogens with zero attached hydrogens (tertiary/aromatic N) is 2. The van der Waals surface area contributed by atoms with Gasteiger partial charge in [-0.25, -0.2) is 13.4 Å². The van der Waals surface area contributed by atoms with Gasteiger partial charge in [0.25, 0.3) is 0 Å². The maximum Gasteiger partial charge on any atom is 0.175 e. The molecular formula is C17H17N3O2S2. The van der Waals surface area contributed by atoms with Crippen LogP contribution in [0.15, 0.2) is 52.9 Å². The minimum absolute atomic E-state index is 0.294. The Morgan fingerprint density at radius 2 is 1.92 bits per heavy atom. The van der Waals surface area contributed by atoms with E-state index in [9.17, 15) is 8.42 Å². The standard InChI is InChI=1S/C17H17N3O2S2/c1-12-17(19-10-14-4-3-9-23-14)20-16(11-18-12)13-5-7-15(8-6-13)24(2,21)22/h3-9,11H,10H2,1-2H3,(H,19,20). The van der Waals surface area contributed by atoms with Crippen molar-refractivity contribution in [1.29, 1.82) is 0 Å². The first-order valence-corrected chi connectivity index (χ1v) is 10.1. The smallest absolute Gasteiger partial charge is 0.175 e. The number of thiophene rings is 1. The van der Waals surface area contributed by atoms with Crippen LogP contribution in [0, 0.1) is 6.92 Å². The van der Waals surface area contributed by atoms with E-state index in [0.717, 1.165) is 17.1 Å². The number of anilines is 1. The van der Waals surface area contributed by atoms with Crippen LogP contribution in [0.1, 0.15) is 10.6 Å². The van der Waals surface area contributed by atoms with Gasteiger partial charge in [0.2, 0.25) is 0 Å². The Balaban J connectivity index is 1.85. The van der Waals surface area contributed by atoms with Crippen LogP contribution in [0.5, 0.6) is 0 Å². The minimum atomic E-state index is -3.20. The van der Waals surface area contributed by atoms with Crippen molar-refractivity contribution in [3.05, 3.63) is 58.5 Å². The molecular weight excluding hydrogens is 342 g/mol. The molecule has 0 bridgehead atoms. The van der Waals surface area contributed by atoms with Gasteiger partial charge in [-0.05, 0) is 30.5 Å². The van der Waals surface area contributed by atoms with E-state index in [4.69, 9.17) is 0 Å². The number of sulfone groups is 1. The molecule has 124 valence electrons. The highest BCUT2D eigenvalue weighted by atomic mass is 32.2. The number of hydrogen-bond donors (Lipinski definition) is 1. The Labute approximate surface area is 145 Å². The fourth-order valence-corrected chi connectivity index (χ4v) is 3.49. The van der Waals surface area contributed by atoms with Crippen LogP contribution in [0.2, 0.25) is 0 Å². The number of aromatic nitrogens is 2. The molecule has 0 aliphatic carbocycles. The van der Waals surface area contributed by atoms with E-state index in [2.05, 4.69) is 21.4 Å². The normalized spacial score (nSPS) is 11.4. The Hall–Kier alpha value is -2.25. The average molecular weight is 359 g/mol. The lowest BCUT2D eigenvalue weighted by atomic mass is 10.1. The van der Waals surface area contributed by atoms with E-state index >= 15 is 0 Å². The Morgan fingerprint density at radius 1 is 1.17 bits per heavy atom. The van der Waals surface area contributed by atoms with Crippen LogP contribution in [0.3, 0.4) is 0 Å². The maximum atomic E-state index is 11.5. The zero-order chi connectivity index (χ0) is 17.2. The third-order valence-corrected chi connectivity index (χ3v) is 5.55. The first-order valence-electron chi connectivity index (χ1n) is 7.34. The van der Waals surface area contributed by atoms with Crippen LogP contribution >= 0.6 is 11.3 Å². The van der Waals surface area contributed by atoms with Gasteiger partial charge in [-0.3, -0.25) is 4.98 Å². The molecule has 0 aliphatic heterocycles. The van der Waals surface area contributed by atoms with Gasteiger partial charge in [0.05, 0.1) is 29.0 Å². The number of aryl methyl sites for hydroxylation is 1. The molecule has 1 N–H and O–H groups in total. The van der Waals surface area contributed by atoms with E-state index in [1.54, 1.807) is 41.8 Å². The van der Waals surface area contributed by atoms with E-state index in [1.165, 1.54) is 11.1 Å². The van der Waals surface area contributed by atoms with Gasteiger partial charge >= 0.3 is 0 Å². The van der Waals surface area contributed by atoms with Crippen LogP contribution in [0.25, 0.3) is 11.3 Å². The zero-order valence-corrected chi connectivity index (χ0v) is 15.0. The first kappa shape index (κ1) is 16.6. The second-order valence-electron chi connectivity index (χ2n) is 5.42. The fourth-order valence-electron chi connectivity index (χ4n) is 2.21.